The Morgan fingerprint density at radius 2 is 2.06 bits per heavy atom. The molecule has 0 fully saturated rings. The van der Waals surface area contributed by atoms with Crippen molar-refractivity contribution in [3.63, 3.8) is 0 Å². The highest BCUT2D eigenvalue weighted by Crippen LogP contribution is 2.21. The fourth-order valence-corrected chi connectivity index (χ4v) is 1.31. The summed E-state index contributed by atoms with van der Waals surface area (Å²) in [5.41, 5.74) is 6.61. The van der Waals surface area contributed by atoms with Crippen molar-refractivity contribution in [1.82, 2.24) is 10.2 Å². The maximum atomic E-state index is 13.0. The summed E-state index contributed by atoms with van der Waals surface area (Å²) in [6, 6.07) is 7.91. The minimum Gasteiger partial charge on any atom is -0.438 e. The highest BCUT2D eigenvalue weighted by atomic mass is 19.1. The number of rotatable bonds is 3. The van der Waals surface area contributed by atoms with Crippen LogP contribution in [0.3, 0.4) is 0 Å². The Balaban J connectivity index is 2.16. The maximum absolute atomic E-state index is 13.0. The van der Waals surface area contributed by atoms with Crippen LogP contribution in [0.25, 0.3) is 0 Å². The largest absolute Gasteiger partial charge is 0.438 e. The number of aromatic nitrogens is 2. The molecule has 0 aliphatic heterocycles. The quantitative estimate of drug-likeness (QED) is 0.882. The zero-order valence-electron chi connectivity index (χ0n) is 9.35. The molecule has 1 aromatic carbocycles. The van der Waals surface area contributed by atoms with Crippen LogP contribution in [-0.4, -0.2) is 10.2 Å². The molecule has 0 radical (unpaired) electrons. The summed E-state index contributed by atoms with van der Waals surface area (Å²) < 4.78 is 18.5. The maximum Gasteiger partial charge on any atom is 0.238 e. The molecule has 1 aromatic heterocycles. The van der Waals surface area contributed by atoms with Crippen LogP contribution in [0.2, 0.25) is 0 Å². The molecule has 0 atom stereocenters. The molecule has 2 rings (SSSR count). The van der Waals surface area contributed by atoms with Crippen LogP contribution in [0.4, 0.5) is 4.39 Å². The van der Waals surface area contributed by atoms with E-state index < -0.39 is 0 Å². The Bertz CT molecular complexity index is 514. The van der Waals surface area contributed by atoms with E-state index in [4.69, 9.17) is 10.5 Å². The Kier molecular flexibility index (Phi) is 3.30. The number of hydrogen-bond donors (Lipinski definition) is 1. The second kappa shape index (κ2) is 4.88. The number of nitrogens with two attached hydrogens (primary N) is 1. The van der Waals surface area contributed by atoms with Crippen molar-refractivity contribution in [2.75, 3.05) is 0 Å². The van der Waals surface area contributed by atoms with Crippen molar-refractivity contribution in [3.05, 3.63) is 47.4 Å². The van der Waals surface area contributed by atoms with Crippen LogP contribution >= 0.6 is 0 Å². The molecule has 0 unspecified atom stereocenters. The summed E-state index contributed by atoms with van der Waals surface area (Å²) in [6.07, 6.45) is 0. The third-order valence-corrected chi connectivity index (χ3v) is 2.26. The van der Waals surface area contributed by atoms with Crippen LogP contribution in [0.1, 0.15) is 11.3 Å². The van der Waals surface area contributed by atoms with Crippen molar-refractivity contribution in [2.24, 2.45) is 5.73 Å². The number of benzene rings is 1. The standard InChI is InChI=1S/C12H12FN3O/c1-8-6-10(3-4-11(8)13)17-12-5-2-9(7-14)15-16-12/h2-6H,7,14H2,1H3. The lowest BCUT2D eigenvalue weighted by atomic mass is 10.2. The monoisotopic (exact) mass is 233 g/mol. The van der Waals surface area contributed by atoms with Gasteiger partial charge in [0.25, 0.3) is 0 Å². The first-order valence-corrected chi connectivity index (χ1v) is 5.15. The third-order valence-electron chi connectivity index (χ3n) is 2.26. The average molecular weight is 233 g/mol. The molecule has 0 spiro atoms. The molecule has 17 heavy (non-hydrogen) atoms. The number of ether oxygens (including phenoxy) is 1. The van der Waals surface area contributed by atoms with Crippen molar-refractivity contribution in [3.8, 4) is 11.6 Å². The van der Waals surface area contributed by atoms with Crippen LogP contribution in [0.5, 0.6) is 11.6 Å². The normalized spacial score (nSPS) is 10.3. The molecule has 88 valence electrons. The summed E-state index contributed by atoms with van der Waals surface area (Å²) in [6.45, 7) is 2.01. The predicted octanol–water partition coefficient (Wildman–Crippen LogP) is 2.18. The SMILES string of the molecule is Cc1cc(Oc2ccc(CN)nn2)ccc1F. The molecule has 2 N–H and O–H groups in total. The predicted molar refractivity (Wildman–Crippen MR) is 61.1 cm³/mol. The van der Waals surface area contributed by atoms with Gasteiger partial charge in [-0.3, -0.25) is 0 Å². The lowest BCUT2D eigenvalue weighted by Crippen LogP contribution is -2.01. The lowest BCUT2D eigenvalue weighted by Gasteiger charge is -2.05. The van der Waals surface area contributed by atoms with Gasteiger partial charge in [0.1, 0.15) is 11.6 Å². The van der Waals surface area contributed by atoms with Crippen molar-refractivity contribution in [1.29, 1.82) is 0 Å². The number of nitrogens with zero attached hydrogens (tertiary/aromatic N) is 2. The van der Waals surface area contributed by atoms with E-state index in [1.54, 1.807) is 31.2 Å². The van der Waals surface area contributed by atoms with Crippen molar-refractivity contribution in [2.45, 2.75) is 13.5 Å². The second-order valence-electron chi connectivity index (χ2n) is 3.58. The van der Waals surface area contributed by atoms with Gasteiger partial charge in [-0.05, 0) is 36.8 Å². The van der Waals surface area contributed by atoms with Crippen molar-refractivity contribution >= 4 is 0 Å². The second-order valence-corrected chi connectivity index (χ2v) is 3.58. The minimum absolute atomic E-state index is 0.262. The number of hydrogen-bond acceptors (Lipinski definition) is 4. The highest BCUT2D eigenvalue weighted by Gasteiger charge is 2.03. The Labute approximate surface area is 98.2 Å². The van der Waals surface area contributed by atoms with Gasteiger partial charge in [-0.2, -0.15) is 5.10 Å². The molecule has 0 amide bonds. The van der Waals surface area contributed by atoms with Crippen LogP contribution in [0, 0.1) is 12.7 Å². The fourth-order valence-electron chi connectivity index (χ4n) is 1.31. The van der Waals surface area contributed by atoms with E-state index >= 15 is 0 Å². The Morgan fingerprint density at radius 3 is 2.65 bits per heavy atom. The van der Waals surface area contributed by atoms with Gasteiger partial charge in [-0.25, -0.2) is 4.39 Å². The van der Waals surface area contributed by atoms with Gasteiger partial charge < -0.3 is 10.5 Å². The average Bonchev–Trinajstić information content (AvgIpc) is 2.35. The molecule has 5 heteroatoms. The molecule has 0 saturated carbocycles. The summed E-state index contributed by atoms with van der Waals surface area (Å²) in [4.78, 5) is 0. The summed E-state index contributed by atoms with van der Waals surface area (Å²) >= 11 is 0. The zero-order valence-corrected chi connectivity index (χ0v) is 9.35. The van der Waals surface area contributed by atoms with E-state index in [2.05, 4.69) is 10.2 Å². The van der Waals surface area contributed by atoms with Gasteiger partial charge in [0.15, 0.2) is 0 Å². The van der Waals surface area contributed by atoms with Crippen LogP contribution < -0.4 is 10.5 Å². The molecular formula is C12H12FN3O. The van der Waals surface area contributed by atoms with Gasteiger partial charge in [0, 0.05) is 12.6 Å². The summed E-state index contributed by atoms with van der Waals surface area (Å²) in [5.74, 6) is 0.619. The summed E-state index contributed by atoms with van der Waals surface area (Å²) in [5, 5.41) is 7.71. The van der Waals surface area contributed by atoms with E-state index in [0.717, 1.165) is 0 Å². The molecule has 1 heterocycles. The molecule has 0 aliphatic carbocycles. The number of aryl methyl sites for hydroxylation is 1. The Morgan fingerprint density at radius 1 is 1.24 bits per heavy atom. The van der Waals surface area contributed by atoms with Crippen molar-refractivity contribution < 1.29 is 9.13 Å². The zero-order chi connectivity index (χ0) is 12.3. The first-order valence-electron chi connectivity index (χ1n) is 5.15. The van der Waals surface area contributed by atoms with E-state index in [1.807, 2.05) is 0 Å². The fraction of sp³-hybridized carbons (Fsp3) is 0.167. The van der Waals surface area contributed by atoms with E-state index in [1.165, 1.54) is 6.07 Å². The molecular weight excluding hydrogens is 221 g/mol. The third kappa shape index (κ3) is 2.76. The first kappa shape index (κ1) is 11.5. The smallest absolute Gasteiger partial charge is 0.238 e. The molecule has 0 bridgehead atoms. The van der Waals surface area contributed by atoms with Gasteiger partial charge in [-0.1, -0.05) is 0 Å². The molecule has 0 aliphatic rings. The van der Waals surface area contributed by atoms with Gasteiger partial charge >= 0.3 is 0 Å². The van der Waals surface area contributed by atoms with Crippen LogP contribution in [-0.2, 0) is 6.54 Å². The minimum atomic E-state index is -0.262. The van der Waals surface area contributed by atoms with E-state index in [0.29, 0.717) is 29.4 Å². The molecule has 0 saturated heterocycles. The highest BCUT2D eigenvalue weighted by molar-refractivity contribution is 5.31. The van der Waals surface area contributed by atoms with E-state index in [9.17, 15) is 4.39 Å². The topological polar surface area (TPSA) is 61.0 Å². The van der Waals surface area contributed by atoms with Gasteiger partial charge in [0.2, 0.25) is 5.88 Å². The van der Waals surface area contributed by atoms with Gasteiger partial charge in [-0.15, -0.1) is 5.10 Å². The van der Waals surface area contributed by atoms with Gasteiger partial charge in [0.05, 0.1) is 5.69 Å². The first-order chi connectivity index (χ1) is 8.19. The number of halogens is 1. The van der Waals surface area contributed by atoms with Crippen LogP contribution in [0.15, 0.2) is 30.3 Å². The Hall–Kier alpha value is -2.01. The molecule has 4 nitrogen and oxygen atoms in total. The molecule has 2 aromatic rings. The van der Waals surface area contributed by atoms with E-state index in [-0.39, 0.29) is 5.82 Å². The summed E-state index contributed by atoms with van der Waals surface area (Å²) in [7, 11) is 0. The lowest BCUT2D eigenvalue weighted by molar-refractivity contribution is 0.451.